The smallest absolute Gasteiger partial charge is 0.243 e. The number of aromatic nitrogens is 2. The van der Waals surface area contributed by atoms with E-state index in [2.05, 4.69) is 5.10 Å². The maximum absolute atomic E-state index is 14.0. The van der Waals surface area contributed by atoms with E-state index in [0.717, 1.165) is 0 Å². The van der Waals surface area contributed by atoms with Gasteiger partial charge in [-0.25, -0.2) is 9.07 Å². The van der Waals surface area contributed by atoms with Gasteiger partial charge in [-0.1, -0.05) is 12.1 Å². The highest BCUT2D eigenvalue weighted by molar-refractivity contribution is 5.77. The molecule has 1 atom stereocenters. The Hall–Kier alpha value is -2.52. The zero-order valence-corrected chi connectivity index (χ0v) is 11.8. The highest BCUT2D eigenvalue weighted by Gasteiger charge is 2.13. The number of nitriles is 1. The summed E-state index contributed by atoms with van der Waals surface area (Å²) in [6.07, 6.45) is 0.156. The van der Waals surface area contributed by atoms with Crippen molar-refractivity contribution in [2.45, 2.75) is 26.3 Å². The van der Waals surface area contributed by atoms with Gasteiger partial charge in [0, 0.05) is 24.6 Å². The number of hydrogen-bond acceptors (Lipinski definition) is 4. The van der Waals surface area contributed by atoms with Crippen molar-refractivity contribution in [3.05, 3.63) is 41.3 Å². The van der Waals surface area contributed by atoms with E-state index >= 15 is 0 Å². The number of nitrogens with zero attached hydrogens (tertiary/aromatic N) is 3. The van der Waals surface area contributed by atoms with Gasteiger partial charge in [-0.3, -0.25) is 4.79 Å². The molecule has 1 heterocycles. The summed E-state index contributed by atoms with van der Waals surface area (Å²) in [4.78, 5) is 11.4. The Kier molecular flexibility index (Phi) is 4.15. The van der Waals surface area contributed by atoms with Gasteiger partial charge in [0.2, 0.25) is 5.91 Å². The van der Waals surface area contributed by atoms with E-state index in [1.807, 2.05) is 6.07 Å². The summed E-state index contributed by atoms with van der Waals surface area (Å²) in [5, 5.41) is 12.8. The average Bonchev–Trinajstić information content (AvgIpc) is 2.83. The van der Waals surface area contributed by atoms with E-state index in [0.29, 0.717) is 22.5 Å². The van der Waals surface area contributed by atoms with Crippen LogP contribution in [0.25, 0.3) is 11.3 Å². The van der Waals surface area contributed by atoms with Crippen molar-refractivity contribution in [1.82, 2.24) is 9.78 Å². The molecule has 0 saturated carbocycles. The molecule has 0 aliphatic rings. The van der Waals surface area contributed by atoms with Crippen molar-refractivity contribution >= 4 is 5.91 Å². The molecule has 5 nitrogen and oxygen atoms in total. The van der Waals surface area contributed by atoms with Gasteiger partial charge in [0.15, 0.2) is 0 Å². The highest BCUT2D eigenvalue weighted by Crippen LogP contribution is 2.22. The fraction of sp³-hybridized carbons (Fsp3) is 0.267. The number of benzene rings is 1. The maximum Gasteiger partial charge on any atom is 0.243 e. The van der Waals surface area contributed by atoms with Crippen LogP contribution in [0.2, 0.25) is 0 Å². The van der Waals surface area contributed by atoms with E-state index < -0.39 is 11.9 Å². The molecule has 2 rings (SSSR count). The predicted octanol–water partition coefficient (Wildman–Crippen LogP) is 2.05. The summed E-state index contributed by atoms with van der Waals surface area (Å²) >= 11 is 0. The van der Waals surface area contributed by atoms with Gasteiger partial charge in [-0.15, -0.1) is 0 Å². The zero-order chi connectivity index (χ0) is 15.6. The van der Waals surface area contributed by atoms with Crippen LogP contribution in [0.5, 0.6) is 0 Å². The van der Waals surface area contributed by atoms with Gasteiger partial charge < -0.3 is 5.73 Å². The monoisotopic (exact) mass is 286 g/mol. The van der Waals surface area contributed by atoms with Crippen LogP contribution in [0, 0.1) is 24.1 Å². The first-order chi connectivity index (χ1) is 9.92. The second-order valence-electron chi connectivity index (χ2n) is 4.85. The lowest BCUT2D eigenvalue weighted by molar-refractivity contribution is 0.0919. The lowest BCUT2D eigenvalue weighted by atomic mass is 10.0. The van der Waals surface area contributed by atoms with E-state index in [1.54, 1.807) is 25.1 Å². The van der Waals surface area contributed by atoms with Crippen molar-refractivity contribution in [1.29, 1.82) is 5.26 Å². The van der Waals surface area contributed by atoms with Gasteiger partial charge in [0.05, 0.1) is 17.8 Å². The molecule has 1 unspecified atom stereocenters. The lowest BCUT2D eigenvalue weighted by Crippen LogP contribution is -2.20. The molecule has 2 N–H and O–H groups in total. The number of rotatable bonds is 3. The molecule has 0 saturated heterocycles. The number of carbonyl (C=O) groups excluding carboxylic acids is 1. The molecule has 108 valence electrons. The molecule has 0 bridgehead atoms. The van der Waals surface area contributed by atoms with E-state index in [9.17, 15) is 9.18 Å². The molecule has 0 aliphatic heterocycles. The minimum absolute atomic E-state index is 0.156. The molecule has 1 aromatic heterocycles. The summed E-state index contributed by atoms with van der Waals surface area (Å²) in [6.45, 7) is 3.17. The molecule has 0 amide bonds. The minimum atomic E-state index is -0.732. The van der Waals surface area contributed by atoms with Crippen LogP contribution in [0.15, 0.2) is 24.3 Å². The Balaban J connectivity index is 2.34. The fourth-order valence-electron chi connectivity index (χ4n) is 2.09. The van der Waals surface area contributed by atoms with Gasteiger partial charge in [-0.2, -0.15) is 10.4 Å². The first-order valence-electron chi connectivity index (χ1n) is 6.44. The quantitative estimate of drug-likeness (QED) is 0.935. The van der Waals surface area contributed by atoms with Crippen molar-refractivity contribution < 1.29 is 9.18 Å². The Morgan fingerprint density at radius 2 is 2.24 bits per heavy atom. The molecule has 21 heavy (non-hydrogen) atoms. The molecule has 0 aliphatic carbocycles. The van der Waals surface area contributed by atoms with Crippen LogP contribution >= 0.6 is 0 Å². The molecular formula is C15H15FN4O. The van der Waals surface area contributed by atoms with E-state index in [1.165, 1.54) is 17.7 Å². The van der Waals surface area contributed by atoms with Crippen molar-refractivity contribution in [2.24, 2.45) is 5.73 Å². The third-order valence-corrected chi connectivity index (χ3v) is 3.14. The number of nitrogens with two attached hydrogens (primary N) is 1. The first-order valence-corrected chi connectivity index (χ1v) is 6.44. The standard InChI is InChI=1S/C15H15FN4O/c1-9-5-15(19-20(9)10(2)21)12-4-3-11(14(16)7-12)6-13(18)8-17/h3-5,7,13H,6,18H2,1-2H3. The van der Waals surface area contributed by atoms with Crippen LogP contribution in [0.3, 0.4) is 0 Å². The van der Waals surface area contributed by atoms with Crippen LogP contribution in [-0.2, 0) is 6.42 Å². The highest BCUT2D eigenvalue weighted by atomic mass is 19.1. The summed E-state index contributed by atoms with van der Waals surface area (Å²) in [5.41, 5.74) is 7.67. The molecular weight excluding hydrogens is 271 g/mol. The van der Waals surface area contributed by atoms with Crippen molar-refractivity contribution in [3.8, 4) is 17.3 Å². The average molecular weight is 286 g/mol. The maximum atomic E-state index is 14.0. The molecule has 1 aromatic carbocycles. The summed E-state index contributed by atoms with van der Waals surface area (Å²) in [5.74, 6) is -0.635. The van der Waals surface area contributed by atoms with Crippen LogP contribution in [-0.4, -0.2) is 21.7 Å². The van der Waals surface area contributed by atoms with Crippen LogP contribution in [0.1, 0.15) is 23.0 Å². The SMILES string of the molecule is CC(=O)n1nc(-c2ccc(CC(N)C#N)c(F)c2)cc1C. The largest absolute Gasteiger partial charge is 0.316 e. The lowest BCUT2D eigenvalue weighted by Gasteiger charge is -2.06. The molecule has 0 fully saturated rings. The fourth-order valence-corrected chi connectivity index (χ4v) is 2.09. The molecule has 2 aromatic rings. The number of halogens is 1. The second kappa shape index (κ2) is 5.85. The summed E-state index contributed by atoms with van der Waals surface area (Å²) < 4.78 is 15.3. The van der Waals surface area contributed by atoms with E-state index in [4.69, 9.17) is 11.0 Å². The number of aryl methyl sites for hydroxylation is 1. The third-order valence-electron chi connectivity index (χ3n) is 3.14. The summed E-state index contributed by atoms with van der Waals surface area (Å²) in [7, 11) is 0. The Labute approximate surface area is 121 Å². The topological polar surface area (TPSA) is 84.7 Å². The minimum Gasteiger partial charge on any atom is -0.316 e. The summed E-state index contributed by atoms with van der Waals surface area (Å²) in [6, 6.07) is 7.48. The normalized spacial score (nSPS) is 12.0. The third kappa shape index (κ3) is 3.15. The van der Waals surface area contributed by atoms with E-state index in [-0.39, 0.29) is 12.3 Å². The van der Waals surface area contributed by atoms with Gasteiger partial charge >= 0.3 is 0 Å². The zero-order valence-electron chi connectivity index (χ0n) is 11.8. The Morgan fingerprint density at radius 1 is 1.52 bits per heavy atom. The number of hydrogen-bond donors (Lipinski definition) is 1. The molecule has 0 radical (unpaired) electrons. The predicted molar refractivity (Wildman–Crippen MR) is 76.0 cm³/mol. The van der Waals surface area contributed by atoms with Crippen LogP contribution in [0.4, 0.5) is 4.39 Å². The molecule has 6 heteroatoms. The van der Waals surface area contributed by atoms with Crippen molar-refractivity contribution in [3.63, 3.8) is 0 Å². The van der Waals surface area contributed by atoms with Gasteiger partial charge in [0.25, 0.3) is 0 Å². The Morgan fingerprint density at radius 3 is 2.76 bits per heavy atom. The number of carbonyl (C=O) groups is 1. The van der Waals surface area contributed by atoms with Crippen molar-refractivity contribution in [2.75, 3.05) is 0 Å². The molecule has 0 spiro atoms. The van der Waals surface area contributed by atoms with Gasteiger partial charge in [-0.05, 0) is 24.6 Å². The van der Waals surface area contributed by atoms with Gasteiger partial charge in [0.1, 0.15) is 5.82 Å². The second-order valence-corrected chi connectivity index (χ2v) is 4.85. The first kappa shape index (κ1) is 14.9. The Bertz CT molecular complexity index is 730. The van der Waals surface area contributed by atoms with Crippen LogP contribution < -0.4 is 5.73 Å².